The minimum Gasteiger partial charge on any atom is -0.342 e. The third kappa shape index (κ3) is 2.87. The Hall–Kier alpha value is -1.43. The molecule has 0 aromatic heterocycles. The van der Waals surface area contributed by atoms with Crippen LogP contribution in [0.5, 0.6) is 0 Å². The number of nitrogens with one attached hydrogen (secondary N) is 1. The molecule has 0 aliphatic carbocycles. The lowest BCUT2D eigenvalue weighted by Crippen LogP contribution is -2.65. The van der Waals surface area contributed by atoms with Crippen LogP contribution in [0.4, 0.5) is 0 Å². The molecule has 102 valence electrons. The Kier molecular flexibility index (Phi) is 4.11. The molecule has 3 amide bonds. The predicted molar refractivity (Wildman–Crippen MR) is 66.7 cm³/mol. The van der Waals surface area contributed by atoms with Crippen LogP contribution in [0.15, 0.2) is 0 Å². The SMILES string of the molecule is CC(C)N(C)C(=O)CN1C(=O)CNC(C)(C)C1=O. The molecule has 0 radical (unpaired) electrons. The number of carbonyl (C=O) groups is 3. The fraction of sp³-hybridized carbons (Fsp3) is 0.750. The summed E-state index contributed by atoms with van der Waals surface area (Å²) in [6.07, 6.45) is 0. The van der Waals surface area contributed by atoms with E-state index in [0.29, 0.717) is 0 Å². The first kappa shape index (κ1) is 14.6. The van der Waals surface area contributed by atoms with Crippen LogP contribution in [-0.2, 0) is 14.4 Å². The normalized spacial score (nSPS) is 19.3. The number of hydrogen-bond acceptors (Lipinski definition) is 4. The molecule has 0 atom stereocenters. The average Bonchev–Trinajstić information content (AvgIpc) is 2.29. The second-order valence-corrected chi connectivity index (χ2v) is 5.36. The molecule has 0 spiro atoms. The Morgan fingerprint density at radius 3 is 2.50 bits per heavy atom. The van der Waals surface area contributed by atoms with Crippen molar-refractivity contribution in [3.8, 4) is 0 Å². The molecule has 1 saturated heterocycles. The van der Waals surface area contributed by atoms with Gasteiger partial charge in [-0.2, -0.15) is 0 Å². The molecule has 6 nitrogen and oxygen atoms in total. The lowest BCUT2D eigenvalue weighted by Gasteiger charge is -2.37. The highest BCUT2D eigenvalue weighted by atomic mass is 16.2. The Morgan fingerprint density at radius 1 is 1.44 bits per heavy atom. The molecule has 0 aromatic carbocycles. The Morgan fingerprint density at radius 2 is 2.00 bits per heavy atom. The maximum absolute atomic E-state index is 12.1. The third-order valence-electron chi connectivity index (χ3n) is 3.22. The predicted octanol–water partition coefficient (Wildman–Crippen LogP) is -0.410. The van der Waals surface area contributed by atoms with Crippen LogP contribution in [0.3, 0.4) is 0 Å². The van der Waals surface area contributed by atoms with Crippen LogP contribution in [0, 0.1) is 0 Å². The topological polar surface area (TPSA) is 69.7 Å². The summed E-state index contributed by atoms with van der Waals surface area (Å²) in [4.78, 5) is 38.2. The highest BCUT2D eigenvalue weighted by Crippen LogP contribution is 2.13. The van der Waals surface area contributed by atoms with Gasteiger partial charge < -0.3 is 4.90 Å². The van der Waals surface area contributed by atoms with E-state index in [4.69, 9.17) is 0 Å². The van der Waals surface area contributed by atoms with Gasteiger partial charge in [-0.25, -0.2) is 0 Å². The highest BCUT2D eigenvalue weighted by molar-refractivity contribution is 6.05. The highest BCUT2D eigenvalue weighted by Gasteiger charge is 2.40. The van der Waals surface area contributed by atoms with E-state index in [-0.39, 0.29) is 36.9 Å². The van der Waals surface area contributed by atoms with Crippen molar-refractivity contribution < 1.29 is 14.4 Å². The summed E-state index contributed by atoms with van der Waals surface area (Å²) in [5.74, 6) is -0.946. The van der Waals surface area contributed by atoms with Crippen molar-refractivity contribution >= 4 is 17.7 Å². The molecule has 1 rings (SSSR count). The first-order chi connectivity index (χ1) is 8.16. The van der Waals surface area contributed by atoms with Gasteiger partial charge in [-0.15, -0.1) is 0 Å². The Labute approximate surface area is 107 Å². The van der Waals surface area contributed by atoms with Crippen molar-refractivity contribution in [2.75, 3.05) is 20.1 Å². The maximum Gasteiger partial charge on any atom is 0.249 e. The second-order valence-electron chi connectivity index (χ2n) is 5.36. The zero-order valence-electron chi connectivity index (χ0n) is 11.6. The third-order valence-corrected chi connectivity index (χ3v) is 3.22. The molecule has 6 heteroatoms. The molecule has 1 fully saturated rings. The van der Waals surface area contributed by atoms with Gasteiger partial charge in [0.2, 0.25) is 17.7 Å². The molecule has 1 heterocycles. The fourth-order valence-corrected chi connectivity index (χ4v) is 1.61. The number of imide groups is 1. The smallest absolute Gasteiger partial charge is 0.249 e. The molecular weight excluding hydrogens is 234 g/mol. The zero-order chi connectivity index (χ0) is 14.1. The van der Waals surface area contributed by atoms with E-state index in [1.807, 2.05) is 13.8 Å². The van der Waals surface area contributed by atoms with Crippen LogP contribution in [0.1, 0.15) is 27.7 Å². The second kappa shape index (κ2) is 5.06. The van der Waals surface area contributed by atoms with E-state index in [1.165, 1.54) is 4.90 Å². The van der Waals surface area contributed by atoms with Gasteiger partial charge in [-0.1, -0.05) is 0 Å². The van der Waals surface area contributed by atoms with Crippen molar-refractivity contribution in [1.29, 1.82) is 0 Å². The van der Waals surface area contributed by atoms with Gasteiger partial charge in [-0.3, -0.25) is 24.6 Å². The van der Waals surface area contributed by atoms with Crippen LogP contribution >= 0.6 is 0 Å². The monoisotopic (exact) mass is 255 g/mol. The van der Waals surface area contributed by atoms with Gasteiger partial charge in [0.15, 0.2) is 0 Å². The van der Waals surface area contributed by atoms with Gasteiger partial charge in [-0.05, 0) is 27.7 Å². The molecule has 0 unspecified atom stereocenters. The number of piperazine rings is 1. The molecule has 0 aromatic rings. The lowest BCUT2D eigenvalue weighted by molar-refractivity contribution is -0.156. The van der Waals surface area contributed by atoms with Crippen molar-refractivity contribution in [3.63, 3.8) is 0 Å². The van der Waals surface area contributed by atoms with Crippen LogP contribution < -0.4 is 5.32 Å². The molecule has 0 saturated carbocycles. The lowest BCUT2D eigenvalue weighted by atomic mass is 10.0. The first-order valence-electron chi connectivity index (χ1n) is 6.02. The van der Waals surface area contributed by atoms with Crippen LogP contribution in [-0.4, -0.2) is 59.2 Å². The fourth-order valence-electron chi connectivity index (χ4n) is 1.61. The van der Waals surface area contributed by atoms with Gasteiger partial charge in [0, 0.05) is 13.1 Å². The number of rotatable bonds is 3. The van der Waals surface area contributed by atoms with Crippen molar-refractivity contribution in [2.45, 2.75) is 39.3 Å². The van der Waals surface area contributed by atoms with E-state index in [1.54, 1.807) is 20.9 Å². The summed E-state index contributed by atoms with van der Waals surface area (Å²) in [7, 11) is 1.66. The van der Waals surface area contributed by atoms with E-state index in [9.17, 15) is 14.4 Å². The summed E-state index contributed by atoms with van der Waals surface area (Å²) in [5, 5.41) is 2.85. The number of hydrogen-bond donors (Lipinski definition) is 1. The van der Waals surface area contributed by atoms with Gasteiger partial charge in [0.25, 0.3) is 0 Å². The average molecular weight is 255 g/mol. The van der Waals surface area contributed by atoms with Gasteiger partial charge in [0.1, 0.15) is 6.54 Å². The van der Waals surface area contributed by atoms with Crippen LogP contribution in [0.25, 0.3) is 0 Å². The quantitative estimate of drug-likeness (QED) is 0.696. The number of amides is 3. The summed E-state index contributed by atoms with van der Waals surface area (Å²) in [6, 6.07) is 0.0404. The van der Waals surface area contributed by atoms with E-state index in [2.05, 4.69) is 5.32 Å². The molecule has 0 bridgehead atoms. The number of carbonyl (C=O) groups excluding carboxylic acids is 3. The van der Waals surface area contributed by atoms with Gasteiger partial charge >= 0.3 is 0 Å². The van der Waals surface area contributed by atoms with Gasteiger partial charge in [0.05, 0.1) is 12.1 Å². The summed E-state index contributed by atoms with van der Waals surface area (Å²) in [6.45, 7) is 7.05. The van der Waals surface area contributed by atoms with E-state index in [0.717, 1.165) is 4.90 Å². The standard InChI is InChI=1S/C12H21N3O3/c1-8(2)14(5)10(17)7-15-9(16)6-13-12(3,4)11(15)18/h8,13H,6-7H2,1-5H3. The largest absolute Gasteiger partial charge is 0.342 e. The Bertz CT molecular complexity index is 377. The minimum atomic E-state index is -0.801. The van der Waals surface area contributed by atoms with Crippen molar-refractivity contribution in [1.82, 2.24) is 15.1 Å². The van der Waals surface area contributed by atoms with Crippen LogP contribution in [0.2, 0.25) is 0 Å². The number of nitrogens with zero attached hydrogens (tertiary/aromatic N) is 2. The summed E-state index contributed by atoms with van der Waals surface area (Å²) >= 11 is 0. The summed E-state index contributed by atoms with van der Waals surface area (Å²) in [5.41, 5.74) is -0.801. The van der Waals surface area contributed by atoms with Crippen molar-refractivity contribution in [2.24, 2.45) is 0 Å². The summed E-state index contributed by atoms with van der Waals surface area (Å²) < 4.78 is 0. The molecular formula is C12H21N3O3. The minimum absolute atomic E-state index is 0.0404. The van der Waals surface area contributed by atoms with E-state index < -0.39 is 5.54 Å². The zero-order valence-corrected chi connectivity index (χ0v) is 11.6. The molecule has 1 aliphatic rings. The number of likely N-dealkylation sites (N-methyl/N-ethyl adjacent to an activating group) is 1. The molecule has 1 aliphatic heterocycles. The molecule has 18 heavy (non-hydrogen) atoms. The molecule has 1 N–H and O–H groups in total. The Balaban J connectivity index is 2.79. The first-order valence-corrected chi connectivity index (χ1v) is 6.02. The maximum atomic E-state index is 12.1. The van der Waals surface area contributed by atoms with E-state index >= 15 is 0 Å². The van der Waals surface area contributed by atoms with Crippen molar-refractivity contribution in [3.05, 3.63) is 0 Å².